The second-order valence-electron chi connectivity index (χ2n) is 3.98. The van der Waals surface area contributed by atoms with Crippen molar-refractivity contribution in [3.05, 3.63) is 12.1 Å². The zero-order valence-electron chi connectivity index (χ0n) is 10.2. The Hall–Kier alpha value is -1.98. The summed E-state index contributed by atoms with van der Waals surface area (Å²) in [4.78, 5) is 16.3. The Balaban J connectivity index is 2.91. The molecule has 0 atom stereocenters. The van der Waals surface area contributed by atoms with E-state index in [9.17, 15) is 4.79 Å². The van der Waals surface area contributed by atoms with Crippen molar-refractivity contribution in [3.8, 4) is 5.88 Å². The van der Waals surface area contributed by atoms with Crippen LogP contribution >= 0.6 is 0 Å². The Kier molecular flexibility index (Phi) is 4.14. The van der Waals surface area contributed by atoms with Crippen molar-refractivity contribution in [2.45, 2.75) is 20.0 Å². The van der Waals surface area contributed by atoms with Crippen LogP contribution in [0.4, 0.5) is 11.5 Å². The molecule has 0 saturated heterocycles. The molecule has 17 heavy (non-hydrogen) atoms. The van der Waals surface area contributed by atoms with Gasteiger partial charge in [-0.25, -0.2) is 0 Å². The lowest BCUT2D eigenvalue weighted by atomic mass is 10.3. The fraction of sp³-hybridized carbons (Fsp3) is 0.455. The summed E-state index contributed by atoms with van der Waals surface area (Å²) in [7, 11) is 1.64. The van der Waals surface area contributed by atoms with Crippen LogP contribution in [0.5, 0.6) is 5.88 Å². The summed E-state index contributed by atoms with van der Waals surface area (Å²) in [6.07, 6.45) is -0.0372. The van der Waals surface area contributed by atoms with Crippen LogP contribution in [0.25, 0.3) is 0 Å². The maximum atomic E-state index is 10.6. The van der Waals surface area contributed by atoms with E-state index in [0.29, 0.717) is 17.4 Å². The first-order valence-electron chi connectivity index (χ1n) is 5.26. The number of carboxylic acids is 1. The molecule has 94 valence electrons. The van der Waals surface area contributed by atoms with Gasteiger partial charge in [0.2, 0.25) is 5.88 Å². The smallest absolute Gasteiger partial charge is 0.323 e. The number of nitrogen functional groups attached to an aromatic ring is 1. The average molecular weight is 239 g/mol. The SMILES string of the molecule is CC(C)Oc1nc(N(C)CC(=O)O)ccc1N. The van der Waals surface area contributed by atoms with E-state index in [-0.39, 0.29) is 12.6 Å². The van der Waals surface area contributed by atoms with Crippen LogP contribution in [0.3, 0.4) is 0 Å². The number of carbonyl (C=O) groups is 1. The zero-order chi connectivity index (χ0) is 13.0. The molecule has 0 spiro atoms. The molecule has 0 radical (unpaired) electrons. The van der Waals surface area contributed by atoms with Crippen molar-refractivity contribution in [1.29, 1.82) is 0 Å². The molecule has 0 aliphatic heterocycles. The van der Waals surface area contributed by atoms with Gasteiger partial charge >= 0.3 is 5.97 Å². The molecule has 0 unspecified atom stereocenters. The Labute approximate surface area is 100 Å². The summed E-state index contributed by atoms with van der Waals surface area (Å²) in [5.74, 6) is -0.0792. The van der Waals surface area contributed by atoms with Gasteiger partial charge in [-0.3, -0.25) is 4.79 Å². The summed E-state index contributed by atoms with van der Waals surface area (Å²) < 4.78 is 5.43. The molecule has 0 bridgehead atoms. The van der Waals surface area contributed by atoms with Crippen molar-refractivity contribution in [2.24, 2.45) is 0 Å². The zero-order valence-corrected chi connectivity index (χ0v) is 10.2. The van der Waals surface area contributed by atoms with Crippen LogP contribution in [0.1, 0.15) is 13.8 Å². The number of carboxylic acid groups (broad SMARTS) is 1. The molecule has 1 rings (SSSR count). The maximum Gasteiger partial charge on any atom is 0.323 e. The molecule has 6 nitrogen and oxygen atoms in total. The minimum absolute atomic E-state index is 0.0372. The van der Waals surface area contributed by atoms with E-state index in [0.717, 1.165) is 0 Å². The number of nitrogens with two attached hydrogens (primary N) is 1. The molecule has 1 aromatic heterocycles. The minimum atomic E-state index is -0.919. The van der Waals surface area contributed by atoms with Gasteiger partial charge < -0.3 is 20.5 Å². The van der Waals surface area contributed by atoms with Gasteiger partial charge in [-0.2, -0.15) is 4.98 Å². The van der Waals surface area contributed by atoms with Gasteiger partial charge in [-0.05, 0) is 26.0 Å². The maximum absolute atomic E-state index is 10.6. The van der Waals surface area contributed by atoms with Gasteiger partial charge in [-0.15, -0.1) is 0 Å². The van der Waals surface area contributed by atoms with Crippen molar-refractivity contribution < 1.29 is 14.6 Å². The van der Waals surface area contributed by atoms with Gasteiger partial charge in [-0.1, -0.05) is 0 Å². The number of pyridine rings is 1. The summed E-state index contributed by atoms with van der Waals surface area (Å²) in [6.45, 7) is 3.61. The lowest BCUT2D eigenvalue weighted by molar-refractivity contribution is -0.135. The number of aliphatic carboxylic acids is 1. The average Bonchev–Trinajstić information content (AvgIpc) is 2.19. The van der Waals surface area contributed by atoms with Gasteiger partial charge in [0, 0.05) is 7.05 Å². The fourth-order valence-corrected chi connectivity index (χ4v) is 1.26. The van der Waals surface area contributed by atoms with Crippen molar-refractivity contribution in [1.82, 2.24) is 4.98 Å². The van der Waals surface area contributed by atoms with Crippen LogP contribution < -0.4 is 15.4 Å². The molecule has 1 aromatic rings. The fourth-order valence-electron chi connectivity index (χ4n) is 1.26. The normalized spacial score (nSPS) is 10.4. The van der Waals surface area contributed by atoms with E-state index in [2.05, 4.69) is 4.98 Å². The van der Waals surface area contributed by atoms with Crippen LogP contribution in [-0.2, 0) is 4.79 Å². The molecule has 3 N–H and O–H groups in total. The van der Waals surface area contributed by atoms with Gasteiger partial charge in [0.15, 0.2) is 0 Å². The number of hydrogen-bond acceptors (Lipinski definition) is 5. The third-order valence-electron chi connectivity index (χ3n) is 1.99. The molecular weight excluding hydrogens is 222 g/mol. The third kappa shape index (κ3) is 3.82. The van der Waals surface area contributed by atoms with Crippen molar-refractivity contribution >= 4 is 17.5 Å². The molecule has 0 amide bonds. The first kappa shape index (κ1) is 13.1. The molecule has 6 heteroatoms. The second kappa shape index (κ2) is 5.38. The highest BCUT2D eigenvalue weighted by atomic mass is 16.5. The molecule has 1 heterocycles. The Morgan fingerprint density at radius 1 is 1.59 bits per heavy atom. The largest absolute Gasteiger partial charge is 0.480 e. The summed E-state index contributed by atoms with van der Waals surface area (Å²) in [5.41, 5.74) is 6.15. The van der Waals surface area contributed by atoms with Crippen LogP contribution in [0.2, 0.25) is 0 Å². The van der Waals surface area contributed by atoms with E-state index < -0.39 is 5.97 Å². The summed E-state index contributed by atoms with van der Waals surface area (Å²) in [6, 6.07) is 3.31. The van der Waals surface area contributed by atoms with E-state index in [4.69, 9.17) is 15.6 Å². The number of anilines is 2. The standard InChI is InChI=1S/C11H17N3O3/c1-7(2)17-11-8(12)4-5-9(13-11)14(3)6-10(15)16/h4-5,7H,6,12H2,1-3H3,(H,15,16). The number of hydrogen-bond donors (Lipinski definition) is 2. The van der Waals surface area contributed by atoms with E-state index in [1.807, 2.05) is 13.8 Å². The van der Waals surface area contributed by atoms with Gasteiger partial charge in [0.25, 0.3) is 0 Å². The highest BCUT2D eigenvalue weighted by molar-refractivity contribution is 5.73. The highest BCUT2D eigenvalue weighted by Crippen LogP contribution is 2.23. The first-order valence-corrected chi connectivity index (χ1v) is 5.26. The predicted octanol–water partition coefficient (Wildman–Crippen LogP) is 0.972. The van der Waals surface area contributed by atoms with E-state index in [1.165, 1.54) is 4.90 Å². The number of nitrogens with zero attached hydrogens (tertiary/aromatic N) is 2. The number of rotatable bonds is 5. The lowest BCUT2D eigenvalue weighted by Gasteiger charge is -2.18. The van der Waals surface area contributed by atoms with E-state index >= 15 is 0 Å². The number of ether oxygens (including phenoxy) is 1. The van der Waals surface area contributed by atoms with Gasteiger partial charge in [0.1, 0.15) is 12.4 Å². The molecular formula is C11H17N3O3. The molecule has 0 aliphatic carbocycles. The van der Waals surface area contributed by atoms with Crippen LogP contribution in [-0.4, -0.2) is 35.8 Å². The predicted molar refractivity (Wildman–Crippen MR) is 65.3 cm³/mol. The summed E-state index contributed by atoms with van der Waals surface area (Å²) in [5, 5.41) is 8.69. The lowest BCUT2D eigenvalue weighted by Crippen LogP contribution is -2.26. The number of aromatic nitrogens is 1. The van der Waals surface area contributed by atoms with E-state index in [1.54, 1.807) is 19.2 Å². The Bertz CT molecular complexity index is 407. The monoisotopic (exact) mass is 239 g/mol. The highest BCUT2D eigenvalue weighted by Gasteiger charge is 2.11. The second-order valence-corrected chi connectivity index (χ2v) is 3.98. The quantitative estimate of drug-likeness (QED) is 0.796. The van der Waals surface area contributed by atoms with Crippen LogP contribution in [0, 0.1) is 0 Å². The summed E-state index contributed by atoms with van der Waals surface area (Å²) >= 11 is 0. The molecule has 0 saturated carbocycles. The van der Waals surface area contributed by atoms with Crippen LogP contribution in [0.15, 0.2) is 12.1 Å². The van der Waals surface area contributed by atoms with Gasteiger partial charge in [0.05, 0.1) is 11.8 Å². The Morgan fingerprint density at radius 3 is 2.76 bits per heavy atom. The van der Waals surface area contributed by atoms with Crippen molar-refractivity contribution in [3.63, 3.8) is 0 Å². The molecule has 0 aromatic carbocycles. The topological polar surface area (TPSA) is 88.7 Å². The number of likely N-dealkylation sites (N-methyl/N-ethyl adjacent to an activating group) is 1. The third-order valence-corrected chi connectivity index (χ3v) is 1.99. The minimum Gasteiger partial charge on any atom is -0.480 e. The Morgan fingerprint density at radius 2 is 2.24 bits per heavy atom. The molecule has 0 aliphatic rings. The first-order chi connectivity index (χ1) is 7.90. The molecule has 0 fully saturated rings. The van der Waals surface area contributed by atoms with Crippen molar-refractivity contribution in [2.75, 3.05) is 24.2 Å².